The smallest absolute Gasteiger partial charge is 0.180 e. The second-order valence-corrected chi connectivity index (χ2v) is 2.76. The molecule has 0 heterocycles. The van der Waals surface area contributed by atoms with Gasteiger partial charge in [0.25, 0.3) is 0 Å². The van der Waals surface area contributed by atoms with E-state index in [-0.39, 0.29) is 0 Å². The summed E-state index contributed by atoms with van der Waals surface area (Å²) in [6.07, 6.45) is 1.76. The first-order valence-corrected chi connectivity index (χ1v) is 4.01. The lowest BCUT2D eigenvalue weighted by Gasteiger charge is -2.09. The van der Waals surface area contributed by atoms with Gasteiger partial charge in [-0.3, -0.25) is 5.41 Å². The highest BCUT2D eigenvalue weighted by Gasteiger charge is 1.96. The molecule has 3 nitrogen and oxygen atoms in total. The van der Waals surface area contributed by atoms with Crippen molar-refractivity contribution in [1.29, 1.82) is 5.41 Å². The fourth-order valence-corrected chi connectivity index (χ4v) is 0.802. The maximum atomic E-state index is 7.29. The lowest BCUT2D eigenvalue weighted by Crippen LogP contribution is -2.14. The molecule has 0 atom stereocenters. The van der Waals surface area contributed by atoms with Gasteiger partial charge in [-0.2, -0.15) is 0 Å². The highest BCUT2D eigenvalue weighted by atomic mass is 16.5. The second kappa shape index (κ2) is 6.16. The molecule has 0 radical (unpaired) electrons. The van der Waals surface area contributed by atoms with Gasteiger partial charge in [0.05, 0.1) is 6.61 Å². The number of ether oxygens (including phenoxy) is 1. The van der Waals surface area contributed by atoms with E-state index in [1.165, 1.54) is 0 Å². The molecular weight excluding hydrogens is 140 g/mol. The fraction of sp³-hybridized carbons (Fsp3) is 0.875. The Kier molecular flexibility index (Phi) is 5.84. The molecular formula is C8H18N2O. The monoisotopic (exact) mass is 158 g/mol. The Balaban J connectivity index is 3.17. The first-order chi connectivity index (χ1) is 5.16. The minimum absolute atomic E-state index is 0.411. The van der Waals surface area contributed by atoms with Crippen molar-refractivity contribution in [2.24, 2.45) is 0 Å². The molecule has 0 aromatic rings. The van der Waals surface area contributed by atoms with Crippen molar-refractivity contribution in [3.8, 4) is 0 Å². The van der Waals surface area contributed by atoms with Gasteiger partial charge < -0.3 is 9.64 Å². The van der Waals surface area contributed by atoms with E-state index < -0.39 is 0 Å². The van der Waals surface area contributed by atoms with Crippen LogP contribution in [-0.4, -0.2) is 38.0 Å². The zero-order valence-corrected chi connectivity index (χ0v) is 7.68. The minimum Gasteiger partial charge on any atom is -0.481 e. The summed E-state index contributed by atoms with van der Waals surface area (Å²) in [7, 11) is 4.06. The summed E-state index contributed by atoms with van der Waals surface area (Å²) in [4.78, 5) is 2.11. The Labute approximate surface area is 68.9 Å². The molecule has 0 spiro atoms. The van der Waals surface area contributed by atoms with Crippen molar-refractivity contribution in [2.75, 3.05) is 27.2 Å². The predicted molar refractivity (Wildman–Crippen MR) is 47.1 cm³/mol. The van der Waals surface area contributed by atoms with Gasteiger partial charge in [-0.1, -0.05) is 0 Å². The standard InChI is InChI=1S/C8H18N2O/c1-4-11-8(9)6-5-7-10(2)3/h9H,4-7H2,1-3H3. The Morgan fingerprint density at radius 1 is 1.45 bits per heavy atom. The average Bonchev–Trinajstić information content (AvgIpc) is 1.87. The van der Waals surface area contributed by atoms with Crippen molar-refractivity contribution in [3.05, 3.63) is 0 Å². The molecule has 66 valence electrons. The van der Waals surface area contributed by atoms with Gasteiger partial charge in [0.1, 0.15) is 0 Å². The predicted octanol–water partition coefficient (Wildman–Crippen LogP) is 1.34. The molecule has 0 bridgehead atoms. The lowest BCUT2D eigenvalue weighted by atomic mass is 10.3. The van der Waals surface area contributed by atoms with E-state index >= 15 is 0 Å². The van der Waals surface area contributed by atoms with Crippen molar-refractivity contribution in [1.82, 2.24) is 4.90 Å². The van der Waals surface area contributed by atoms with Crippen LogP contribution in [0.25, 0.3) is 0 Å². The highest BCUT2D eigenvalue weighted by molar-refractivity contribution is 5.72. The van der Waals surface area contributed by atoms with E-state index in [0.29, 0.717) is 12.5 Å². The number of hydrogen-bond acceptors (Lipinski definition) is 3. The highest BCUT2D eigenvalue weighted by Crippen LogP contribution is 1.93. The van der Waals surface area contributed by atoms with Crippen LogP contribution in [0.3, 0.4) is 0 Å². The zero-order valence-electron chi connectivity index (χ0n) is 7.68. The Morgan fingerprint density at radius 2 is 2.09 bits per heavy atom. The van der Waals surface area contributed by atoms with Gasteiger partial charge in [-0.25, -0.2) is 0 Å². The van der Waals surface area contributed by atoms with E-state index in [4.69, 9.17) is 10.1 Å². The molecule has 0 unspecified atom stereocenters. The third-order valence-corrected chi connectivity index (χ3v) is 1.33. The molecule has 0 aromatic heterocycles. The van der Waals surface area contributed by atoms with Crippen LogP contribution in [-0.2, 0) is 4.74 Å². The first-order valence-electron chi connectivity index (χ1n) is 4.01. The molecule has 1 N–H and O–H groups in total. The van der Waals surface area contributed by atoms with Gasteiger partial charge in [-0.05, 0) is 34.0 Å². The van der Waals surface area contributed by atoms with Gasteiger partial charge in [0.2, 0.25) is 0 Å². The van der Waals surface area contributed by atoms with Crippen LogP contribution < -0.4 is 0 Å². The largest absolute Gasteiger partial charge is 0.481 e. The third-order valence-electron chi connectivity index (χ3n) is 1.33. The molecule has 0 aromatic carbocycles. The Bertz CT molecular complexity index is 113. The van der Waals surface area contributed by atoms with Crippen LogP contribution in [0.4, 0.5) is 0 Å². The Morgan fingerprint density at radius 3 is 2.55 bits per heavy atom. The van der Waals surface area contributed by atoms with Crippen LogP contribution in [0.2, 0.25) is 0 Å². The summed E-state index contributed by atoms with van der Waals surface area (Å²) >= 11 is 0. The fourth-order valence-electron chi connectivity index (χ4n) is 0.802. The van der Waals surface area contributed by atoms with Gasteiger partial charge in [0.15, 0.2) is 5.90 Å². The number of nitrogens with zero attached hydrogens (tertiary/aromatic N) is 1. The average molecular weight is 158 g/mol. The van der Waals surface area contributed by atoms with E-state index in [1.54, 1.807) is 0 Å². The van der Waals surface area contributed by atoms with Gasteiger partial charge in [-0.15, -0.1) is 0 Å². The van der Waals surface area contributed by atoms with Crippen LogP contribution >= 0.6 is 0 Å². The number of hydrogen-bond donors (Lipinski definition) is 1. The Hall–Kier alpha value is -0.570. The molecule has 0 saturated heterocycles. The lowest BCUT2D eigenvalue weighted by molar-refractivity contribution is 0.308. The summed E-state index contributed by atoms with van der Waals surface area (Å²) in [5.74, 6) is 0.411. The molecule has 0 aliphatic carbocycles. The van der Waals surface area contributed by atoms with Crippen LogP contribution in [0, 0.1) is 5.41 Å². The molecule has 0 saturated carbocycles. The van der Waals surface area contributed by atoms with Crippen molar-refractivity contribution in [2.45, 2.75) is 19.8 Å². The molecule has 0 aliphatic heterocycles. The summed E-state index contributed by atoms with van der Waals surface area (Å²) in [6.45, 7) is 3.54. The van der Waals surface area contributed by atoms with Gasteiger partial charge >= 0.3 is 0 Å². The third kappa shape index (κ3) is 7.33. The van der Waals surface area contributed by atoms with Gasteiger partial charge in [0, 0.05) is 6.42 Å². The van der Waals surface area contributed by atoms with Crippen LogP contribution in [0.5, 0.6) is 0 Å². The second-order valence-electron chi connectivity index (χ2n) is 2.76. The van der Waals surface area contributed by atoms with Crippen molar-refractivity contribution < 1.29 is 4.74 Å². The van der Waals surface area contributed by atoms with E-state index in [2.05, 4.69) is 4.90 Å². The SMILES string of the molecule is CCOC(=N)CCCN(C)C. The molecule has 0 amide bonds. The summed E-state index contributed by atoms with van der Waals surface area (Å²) in [5.41, 5.74) is 0. The minimum atomic E-state index is 0.411. The van der Waals surface area contributed by atoms with Crippen LogP contribution in [0.15, 0.2) is 0 Å². The van der Waals surface area contributed by atoms with E-state index in [9.17, 15) is 0 Å². The summed E-state index contributed by atoms with van der Waals surface area (Å²) in [6, 6.07) is 0. The van der Waals surface area contributed by atoms with Crippen molar-refractivity contribution in [3.63, 3.8) is 0 Å². The normalized spacial score (nSPS) is 10.2. The summed E-state index contributed by atoms with van der Waals surface area (Å²) < 4.78 is 4.99. The maximum absolute atomic E-state index is 7.29. The molecule has 0 aliphatic rings. The van der Waals surface area contributed by atoms with E-state index in [0.717, 1.165) is 19.4 Å². The molecule has 0 fully saturated rings. The van der Waals surface area contributed by atoms with E-state index in [1.807, 2.05) is 21.0 Å². The zero-order chi connectivity index (χ0) is 8.69. The molecule has 3 heteroatoms. The number of rotatable bonds is 5. The number of nitrogens with one attached hydrogen (secondary N) is 1. The van der Waals surface area contributed by atoms with Crippen molar-refractivity contribution >= 4 is 5.90 Å². The topological polar surface area (TPSA) is 36.3 Å². The quantitative estimate of drug-likeness (QED) is 0.484. The van der Waals surface area contributed by atoms with Crippen LogP contribution in [0.1, 0.15) is 19.8 Å². The maximum Gasteiger partial charge on any atom is 0.180 e. The first kappa shape index (κ1) is 10.4. The summed E-state index contributed by atoms with van der Waals surface area (Å²) in [5, 5.41) is 7.29. The molecule has 0 rings (SSSR count). The molecule has 11 heavy (non-hydrogen) atoms.